The number of benzene rings is 2. The number of unbranched alkanes of at least 4 members (excludes halogenated alkanes) is 1. The molecule has 0 unspecified atom stereocenters. The summed E-state index contributed by atoms with van der Waals surface area (Å²) in [6.07, 6.45) is 6.64. The average molecular weight is 422 g/mol. The zero-order chi connectivity index (χ0) is 22.2. The molecule has 0 aliphatic carbocycles. The Morgan fingerprint density at radius 3 is 2.55 bits per heavy atom. The van der Waals surface area contributed by atoms with E-state index in [1.165, 1.54) is 5.69 Å². The largest absolute Gasteiger partial charge is 0.512 e. The maximum Gasteiger partial charge on any atom is 0.152 e. The van der Waals surface area contributed by atoms with E-state index in [9.17, 15) is 10.2 Å². The quantitative estimate of drug-likeness (QED) is 0.352. The number of fused-ring (bicyclic) bond motifs is 1. The Balaban J connectivity index is 1.95. The van der Waals surface area contributed by atoms with Crippen LogP contribution < -0.4 is 9.64 Å². The highest BCUT2D eigenvalue weighted by Gasteiger charge is 2.17. The lowest BCUT2D eigenvalue weighted by Crippen LogP contribution is -2.30. The van der Waals surface area contributed by atoms with Crippen LogP contribution in [0.2, 0.25) is 0 Å². The molecule has 4 heteroatoms. The van der Waals surface area contributed by atoms with E-state index in [2.05, 4.69) is 56.0 Å². The maximum absolute atomic E-state index is 10.2. The fraction of sp³-hybridized carbons (Fsp3) is 0.407. The smallest absolute Gasteiger partial charge is 0.152 e. The van der Waals surface area contributed by atoms with E-state index < -0.39 is 0 Å². The summed E-state index contributed by atoms with van der Waals surface area (Å²) < 4.78 is 5.79. The van der Waals surface area contributed by atoms with Gasteiger partial charge in [-0.2, -0.15) is 0 Å². The fourth-order valence-electron chi connectivity index (χ4n) is 3.97. The molecular formula is C27H35NO3. The number of allylic oxidation sites excluding steroid dienone is 1. The lowest BCUT2D eigenvalue weighted by Gasteiger charge is -2.30. The number of hydrogen-bond donors (Lipinski definition) is 2. The van der Waals surface area contributed by atoms with Crippen LogP contribution in [0.3, 0.4) is 0 Å². The highest BCUT2D eigenvalue weighted by atomic mass is 16.5. The Morgan fingerprint density at radius 1 is 1.13 bits per heavy atom. The molecule has 2 N–H and O–H groups in total. The summed E-state index contributed by atoms with van der Waals surface area (Å²) >= 11 is 0. The molecule has 3 rings (SSSR count). The van der Waals surface area contributed by atoms with Gasteiger partial charge in [0.25, 0.3) is 0 Å². The number of nitrogens with zero attached hydrogens (tertiary/aromatic N) is 1. The Kier molecular flexibility index (Phi) is 8.05. The number of anilines is 1. The van der Waals surface area contributed by atoms with E-state index in [1.54, 1.807) is 0 Å². The molecule has 0 amide bonds. The third-order valence-corrected chi connectivity index (χ3v) is 5.56. The first-order chi connectivity index (χ1) is 15.0. The molecule has 0 fully saturated rings. The molecule has 0 atom stereocenters. The zero-order valence-corrected chi connectivity index (χ0v) is 19.0. The van der Waals surface area contributed by atoms with Crippen molar-refractivity contribution >= 4 is 11.8 Å². The molecule has 0 radical (unpaired) electrons. The molecule has 1 aliphatic rings. The van der Waals surface area contributed by atoms with Crippen molar-refractivity contribution in [1.29, 1.82) is 0 Å². The van der Waals surface area contributed by atoms with Crippen LogP contribution in [-0.4, -0.2) is 29.9 Å². The highest BCUT2D eigenvalue weighted by molar-refractivity contribution is 5.78. The fourth-order valence-corrected chi connectivity index (χ4v) is 3.97. The Bertz CT molecular complexity index is 913. The Morgan fingerprint density at radius 2 is 1.87 bits per heavy atom. The number of rotatable bonds is 8. The van der Waals surface area contributed by atoms with E-state index in [4.69, 9.17) is 4.74 Å². The monoisotopic (exact) mass is 421 g/mol. The maximum atomic E-state index is 10.2. The molecule has 0 bridgehead atoms. The average Bonchev–Trinajstić information content (AvgIpc) is 2.76. The van der Waals surface area contributed by atoms with Crippen LogP contribution >= 0.6 is 0 Å². The van der Waals surface area contributed by atoms with Gasteiger partial charge in [-0.05, 0) is 77.8 Å². The lowest BCUT2D eigenvalue weighted by molar-refractivity contribution is 0.309. The van der Waals surface area contributed by atoms with Crippen molar-refractivity contribution in [2.24, 2.45) is 5.92 Å². The normalized spacial score (nSPS) is 16.3. The number of aliphatic hydroxyl groups is 2. The summed E-state index contributed by atoms with van der Waals surface area (Å²) in [5.41, 5.74) is 5.24. The first-order valence-corrected chi connectivity index (χ1v) is 11.4. The SMILES string of the molecule is CCCCOc1ccc(-c2ccc3c(c2)/C=C(/C(O)=CO)CCCN3CC(C)C)cc1. The van der Waals surface area contributed by atoms with Crippen molar-refractivity contribution in [3.63, 3.8) is 0 Å². The van der Waals surface area contributed by atoms with E-state index in [1.807, 2.05) is 18.2 Å². The molecule has 0 saturated carbocycles. The molecule has 0 saturated heterocycles. The van der Waals surface area contributed by atoms with Crippen molar-refractivity contribution in [2.75, 3.05) is 24.6 Å². The molecule has 1 aliphatic heterocycles. The molecular weight excluding hydrogens is 386 g/mol. The summed E-state index contributed by atoms with van der Waals surface area (Å²) in [5.74, 6) is 1.40. The van der Waals surface area contributed by atoms with Gasteiger partial charge in [-0.25, -0.2) is 0 Å². The van der Waals surface area contributed by atoms with Gasteiger partial charge in [0.2, 0.25) is 0 Å². The Hall–Kier alpha value is -2.88. The third-order valence-electron chi connectivity index (χ3n) is 5.56. The predicted octanol–water partition coefficient (Wildman–Crippen LogP) is 7.13. The first-order valence-electron chi connectivity index (χ1n) is 11.4. The van der Waals surface area contributed by atoms with Gasteiger partial charge in [-0.15, -0.1) is 0 Å². The van der Waals surface area contributed by atoms with Crippen molar-refractivity contribution in [3.8, 4) is 16.9 Å². The molecule has 166 valence electrons. The van der Waals surface area contributed by atoms with Crippen LogP contribution in [0, 0.1) is 5.92 Å². The van der Waals surface area contributed by atoms with Gasteiger partial charge in [0.15, 0.2) is 5.76 Å². The lowest BCUT2D eigenvalue weighted by atomic mass is 9.96. The van der Waals surface area contributed by atoms with Crippen molar-refractivity contribution in [1.82, 2.24) is 0 Å². The Labute approximate surface area is 186 Å². The molecule has 0 aromatic heterocycles. The summed E-state index contributed by atoms with van der Waals surface area (Å²) in [6, 6.07) is 14.7. The van der Waals surface area contributed by atoms with Gasteiger partial charge in [-0.1, -0.05) is 45.4 Å². The van der Waals surface area contributed by atoms with Crippen LogP contribution in [-0.2, 0) is 0 Å². The summed E-state index contributed by atoms with van der Waals surface area (Å²) in [7, 11) is 0. The van der Waals surface area contributed by atoms with Gasteiger partial charge in [0, 0.05) is 18.8 Å². The van der Waals surface area contributed by atoms with Crippen molar-refractivity contribution in [2.45, 2.75) is 46.5 Å². The van der Waals surface area contributed by atoms with Crippen LogP contribution in [0.1, 0.15) is 52.0 Å². The summed E-state index contributed by atoms with van der Waals surface area (Å²) in [6.45, 7) is 9.28. The molecule has 31 heavy (non-hydrogen) atoms. The number of ether oxygens (including phenoxy) is 1. The third kappa shape index (κ3) is 6.06. The number of aliphatic hydroxyl groups excluding tert-OH is 2. The van der Waals surface area contributed by atoms with Gasteiger partial charge < -0.3 is 19.8 Å². The van der Waals surface area contributed by atoms with E-state index in [-0.39, 0.29) is 5.76 Å². The second-order valence-electron chi connectivity index (χ2n) is 8.63. The van der Waals surface area contributed by atoms with Crippen LogP contribution in [0.25, 0.3) is 17.2 Å². The van der Waals surface area contributed by atoms with Gasteiger partial charge in [0.1, 0.15) is 12.0 Å². The molecule has 2 aromatic carbocycles. The second kappa shape index (κ2) is 10.9. The van der Waals surface area contributed by atoms with Gasteiger partial charge in [0.05, 0.1) is 6.61 Å². The molecule has 0 spiro atoms. The van der Waals surface area contributed by atoms with E-state index >= 15 is 0 Å². The zero-order valence-electron chi connectivity index (χ0n) is 19.0. The minimum absolute atomic E-state index is 0.0535. The summed E-state index contributed by atoms with van der Waals surface area (Å²) in [5, 5.41) is 19.5. The van der Waals surface area contributed by atoms with Crippen LogP contribution in [0.15, 0.2) is 60.1 Å². The summed E-state index contributed by atoms with van der Waals surface area (Å²) in [4.78, 5) is 2.43. The van der Waals surface area contributed by atoms with Gasteiger partial charge in [-0.3, -0.25) is 0 Å². The minimum Gasteiger partial charge on any atom is -0.512 e. The standard InChI is InChI=1S/C27H35NO3/c1-4-5-15-31-25-11-8-21(9-12-25)22-10-13-26-24(16-22)17-23(27(30)19-29)7-6-14-28(26)18-20(2)3/h8-13,16-17,19-20,29-30H,4-7,14-15,18H2,1-3H3/b23-17+,27-19?. The van der Waals surface area contributed by atoms with Crippen molar-refractivity contribution in [3.05, 3.63) is 65.6 Å². The molecule has 4 nitrogen and oxygen atoms in total. The highest BCUT2D eigenvalue weighted by Crippen LogP contribution is 2.34. The molecule has 2 aromatic rings. The number of hydrogen-bond acceptors (Lipinski definition) is 4. The first kappa shape index (κ1) is 22.8. The van der Waals surface area contributed by atoms with E-state index in [0.717, 1.165) is 79.7 Å². The van der Waals surface area contributed by atoms with Gasteiger partial charge >= 0.3 is 0 Å². The molecule has 1 heterocycles. The van der Waals surface area contributed by atoms with E-state index in [0.29, 0.717) is 5.92 Å². The topological polar surface area (TPSA) is 52.9 Å². The van der Waals surface area contributed by atoms with Crippen molar-refractivity contribution < 1.29 is 14.9 Å². The van der Waals surface area contributed by atoms with Crippen LogP contribution in [0.5, 0.6) is 5.75 Å². The second-order valence-corrected chi connectivity index (χ2v) is 8.63. The predicted molar refractivity (Wildman–Crippen MR) is 130 cm³/mol. The van der Waals surface area contributed by atoms with Crippen LogP contribution in [0.4, 0.5) is 5.69 Å². The minimum atomic E-state index is -0.0535.